The lowest BCUT2D eigenvalue weighted by Crippen LogP contribution is -2.13. The number of hydrogen-bond donors (Lipinski definition) is 1. The SMILES string of the molecule is CF.NC(=O)Cc1ccccc1. The van der Waals surface area contributed by atoms with Crippen LogP contribution in [-0.2, 0) is 11.2 Å². The van der Waals surface area contributed by atoms with Gasteiger partial charge in [-0.05, 0) is 5.56 Å². The standard InChI is InChI=1S/C8H9NO.CH3F/c9-8(10)6-7-4-2-1-3-5-7;1-2/h1-5H,6H2,(H2,9,10);1H3. The summed E-state index contributed by atoms with van der Waals surface area (Å²) in [4.78, 5) is 10.4. The Kier molecular flexibility index (Phi) is 5.61. The molecule has 0 bridgehead atoms. The Morgan fingerprint density at radius 1 is 1.33 bits per heavy atom. The second-order valence-electron chi connectivity index (χ2n) is 2.13. The van der Waals surface area contributed by atoms with Gasteiger partial charge >= 0.3 is 0 Å². The van der Waals surface area contributed by atoms with Crippen LogP contribution < -0.4 is 5.73 Å². The fraction of sp³-hybridized carbons (Fsp3) is 0.222. The molecular formula is C9H12FNO. The molecule has 0 radical (unpaired) electrons. The average molecular weight is 169 g/mol. The summed E-state index contributed by atoms with van der Waals surface area (Å²) in [6, 6.07) is 9.44. The molecule has 0 unspecified atom stereocenters. The van der Waals surface area contributed by atoms with Gasteiger partial charge in [-0.25, -0.2) is 0 Å². The van der Waals surface area contributed by atoms with E-state index in [1.165, 1.54) is 0 Å². The molecule has 0 fully saturated rings. The Balaban J connectivity index is 0.000000561. The molecule has 66 valence electrons. The van der Waals surface area contributed by atoms with E-state index in [1.807, 2.05) is 30.3 Å². The highest BCUT2D eigenvalue weighted by atomic mass is 19.1. The van der Waals surface area contributed by atoms with Crippen molar-refractivity contribution in [3.63, 3.8) is 0 Å². The lowest BCUT2D eigenvalue weighted by atomic mass is 10.1. The maximum Gasteiger partial charge on any atom is 0.221 e. The molecule has 0 aliphatic carbocycles. The number of hydrogen-bond acceptors (Lipinski definition) is 1. The monoisotopic (exact) mass is 169 g/mol. The van der Waals surface area contributed by atoms with Gasteiger partial charge in [-0.3, -0.25) is 9.18 Å². The number of nitrogens with two attached hydrogens (primary N) is 1. The summed E-state index contributed by atoms with van der Waals surface area (Å²) < 4.78 is 9.50. The third kappa shape index (κ3) is 4.44. The number of benzene rings is 1. The topological polar surface area (TPSA) is 43.1 Å². The number of rotatable bonds is 2. The first-order valence-corrected chi connectivity index (χ1v) is 3.49. The van der Waals surface area contributed by atoms with Crippen molar-refractivity contribution in [3.05, 3.63) is 35.9 Å². The van der Waals surface area contributed by atoms with E-state index in [2.05, 4.69) is 0 Å². The highest BCUT2D eigenvalue weighted by molar-refractivity contribution is 5.76. The first kappa shape index (κ1) is 10.6. The largest absolute Gasteiger partial charge is 0.369 e. The minimum Gasteiger partial charge on any atom is -0.369 e. The fourth-order valence-electron chi connectivity index (χ4n) is 0.797. The van der Waals surface area contributed by atoms with E-state index in [4.69, 9.17) is 5.73 Å². The lowest BCUT2D eigenvalue weighted by molar-refractivity contribution is -0.117. The van der Waals surface area contributed by atoms with Crippen LogP contribution in [-0.4, -0.2) is 13.1 Å². The minimum absolute atomic E-state index is 0.286. The maximum atomic E-state index is 10.4. The smallest absolute Gasteiger partial charge is 0.221 e. The number of primary amides is 1. The van der Waals surface area contributed by atoms with Crippen LogP contribution in [0.4, 0.5) is 4.39 Å². The molecule has 0 spiro atoms. The molecule has 0 aliphatic heterocycles. The molecule has 1 rings (SSSR count). The number of carbonyl (C=O) groups excluding carboxylic acids is 1. The first-order chi connectivity index (χ1) is 5.79. The second-order valence-corrected chi connectivity index (χ2v) is 2.13. The number of carbonyl (C=O) groups is 1. The van der Waals surface area contributed by atoms with E-state index < -0.39 is 0 Å². The van der Waals surface area contributed by atoms with Crippen LogP contribution in [0.3, 0.4) is 0 Å². The summed E-state index contributed by atoms with van der Waals surface area (Å²) in [5.41, 5.74) is 5.95. The number of alkyl halides is 1. The maximum absolute atomic E-state index is 10.4. The van der Waals surface area contributed by atoms with Gasteiger partial charge in [-0.2, -0.15) is 0 Å². The molecule has 0 heterocycles. The van der Waals surface area contributed by atoms with Gasteiger partial charge in [0.25, 0.3) is 0 Å². The first-order valence-electron chi connectivity index (χ1n) is 3.49. The van der Waals surface area contributed by atoms with Gasteiger partial charge in [0, 0.05) is 0 Å². The van der Waals surface area contributed by atoms with E-state index in [0.717, 1.165) is 5.56 Å². The van der Waals surface area contributed by atoms with Crippen LogP contribution in [0.25, 0.3) is 0 Å². The van der Waals surface area contributed by atoms with Crippen molar-refractivity contribution in [2.75, 3.05) is 7.18 Å². The molecule has 1 aromatic rings. The van der Waals surface area contributed by atoms with Crippen LogP contribution in [0, 0.1) is 0 Å². The predicted octanol–water partition coefficient (Wildman–Crippen LogP) is 1.30. The molecule has 1 amide bonds. The van der Waals surface area contributed by atoms with Gasteiger partial charge in [0.05, 0.1) is 13.6 Å². The van der Waals surface area contributed by atoms with Crippen LogP contribution >= 0.6 is 0 Å². The normalized spacial score (nSPS) is 8.17. The molecule has 0 aromatic heterocycles. The number of amides is 1. The lowest BCUT2D eigenvalue weighted by Gasteiger charge is -1.93. The Labute approximate surface area is 71.2 Å². The summed E-state index contributed by atoms with van der Waals surface area (Å²) in [6.07, 6.45) is 0.334. The quantitative estimate of drug-likeness (QED) is 0.712. The van der Waals surface area contributed by atoms with Crippen molar-refractivity contribution in [3.8, 4) is 0 Å². The van der Waals surface area contributed by atoms with Crippen LogP contribution in [0.1, 0.15) is 5.56 Å². The zero-order valence-electron chi connectivity index (χ0n) is 6.96. The van der Waals surface area contributed by atoms with E-state index in [1.54, 1.807) is 0 Å². The zero-order chi connectivity index (χ0) is 9.40. The predicted molar refractivity (Wildman–Crippen MR) is 46.4 cm³/mol. The Morgan fingerprint density at radius 2 is 1.83 bits per heavy atom. The van der Waals surface area contributed by atoms with E-state index in [0.29, 0.717) is 13.6 Å². The molecule has 0 atom stereocenters. The van der Waals surface area contributed by atoms with Gasteiger partial charge in [0.15, 0.2) is 0 Å². The zero-order valence-corrected chi connectivity index (χ0v) is 6.96. The molecule has 3 heteroatoms. The summed E-state index contributed by atoms with van der Waals surface area (Å²) in [5.74, 6) is -0.286. The Hall–Kier alpha value is -1.38. The van der Waals surface area contributed by atoms with Crippen molar-refractivity contribution in [2.45, 2.75) is 6.42 Å². The summed E-state index contributed by atoms with van der Waals surface area (Å²) >= 11 is 0. The van der Waals surface area contributed by atoms with E-state index in [9.17, 15) is 9.18 Å². The molecule has 12 heavy (non-hydrogen) atoms. The Morgan fingerprint density at radius 3 is 2.25 bits per heavy atom. The average Bonchev–Trinajstić information content (AvgIpc) is 2.08. The third-order valence-electron chi connectivity index (χ3n) is 1.22. The number of halogens is 1. The van der Waals surface area contributed by atoms with Crippen molar-refractivity contribution in [2.24, 2.45) is 5.73 Å². The molecule has 2 N–H and O–H groups in total. The third-order valence-corrected chi connectivity index (χ3v) is 1.22. The highest BCUT2D eigenvalue weighted by Gasteiger charge is 1.94. The van der Waals surface area contributed by atoms with Crippen LogP contribution in [0.2, 0.25) is 0 Å². The van der Waals surface area contributed by atoms with Crippen molar-refractivity contribution in [1.82, 2.24) is 0 Å². The second kappa shape index (κ2) is 6.34. The Bertz CT molecular complexity index is 223. The fourth-order valence-corrected chi connectivity index (χ4v) is 0.797. The van der Waals surface area contributed by atoms with Crippen LogP contribution in [0.5, 0.6) is 0 Å². The molecule has 1 aromatic carbocycles. The van der Waals surface area contributed by atoms with Crippen molar-refractivity contribution < 1.29 is 9.18 Å². The summed E-state index contributed by atoms with van der Waals surface area (Å²) in [6.45, 7) is 0. The summed E-state index contributed by atoms with van der Waals surface area (Å²) in [7, 11) is 0.500. The molecule has 0 saturated heterocycles. The van der Waals surface area contributed by atoms with Gasteiger partial charge < -0.3 is 5.73 Å². The van der Waals surface area contributed by atoms with Gasteiger partial charge in [-0.15, -0.1) is 0 Å². The summed E-state index contributed by atoms with van der Waals surface area (Å²) in [5, 5.41) is 0. The van der Waals surface area contributed by atoms with E-state index in [-0.39, 0.29) is 5.91 Å². The van der Waals surface area contributed by atoms with Gasteiger partial charge in [-0.1, -0.05) is 30.3 Å². The highest BCUT2D eigenvalue weighted by Crippen LogP contribution is 1.97. The van der Waals surface area contributed by atoms with Gasteiger partial charge in [0.2, 0.25) is 5.91 Å². The van der Waals surface area contributed by atoms with Crippen molar-refractivity contribution >= 4 is 5.91 Å². The minimum atomic E-state index is -0.286. The molecule has 0 aliphatic rings. The molecule has 2 nitrogen and oxygen atoms in total. The van der Waals surface area contributed by atoms with Crippen molar-refractivity contribution in [1.29, 1.82) is 0 Å². The molecular weight excluding hydrogens is 157 g/mol. The van der Waals surface area contributed by atoms with E-state index >= 15 is 0 Å². The van der Waals surface area contributed by atoms with Crippen LogP contribution in [0.15, 0.2) is 30.3 Å². The molecule has 0 saturated carbocycles. The van der Waals surface area contributed by atoms with Gasteiger partial charge in [0.1, 0.15) is 0 Å².